The minimum atomic E-state index is -0.194. The molecule has 0 bridgehead atoms. The Morgan fingerprint density at radius 2 is 1.95 bits per heavy atom. The van der Waals surface area contributed by atoms with Crippen LogP contribution in [0.15, 0.2) is 42.5 Å². The van der Waals surface area contributed by atoms with Crippen LogP contribution >= 0.6 is 0 Å². The molecule has 1 N–H and O–H groups in total. The molecule has 0 aliphatic carbocycles. The molecule has 0 heterocycles. The van der Waals surface area contributed by atoms with Crippen LogP contribution in [0.25, 0.3) is 10.8 Å². The first-order valence-corrected chi connectivity index (χ1v) is 6.63. The minimum Gasteiger partial charge on any atom is -0.465 e. The van der Waals surface area contributed by atoms with Crippen LogP contribution in [0.5, 0.6) is 0 Å². The second kappa shape index (κ2) is 6.90. The fourth-order valence-electron chi connectivity index (χ4n) is 2.03. The Bertz CT molecular complexity index is 551. The first-order chi connectivity index (χ1) is 9.29. The van der Waals surface area contributed by atoms with Gasteiger partial charge in [0, 0.05) is 0 Å². The van der Waals surface area contributed by atoms with Crippen LogP contribution < -0.4 is 5.32 Å². The molecular weight excluding hydrogens is 238 g/mol. The number of rotatable bonds is 6. The maximum absolute atomic E-state index is 11.1. The number of carbonyl (C=O) groups is 1. The van der Waals surface area contributed by atoms with Crippen molar-refractivity contribution in [2.45, 2.75) is 13.3 Å². The van der Waals surface area contributed by atoms with E-state index in [1.165, 1.54) is 16.3 Å². The van der Waals surface area contributed by atoms with E-state index in [4.69, 9.17) is 4.74 Å². The predicted molar refractivity (Wildman–Crippen MR) is 77.2 cm³/mol. The van der Waals surface area contributed by atoms with Crippen LogP contribution in [-0.2, 0) is 16.0 Å². The second-order valence-electron chi connectivity index (χ2n) is 4.41. The summed E-state index contributed by atoms with van der Waals surface area (Å²) in [6.45, 7) is 3.30. The smallest absolute Gasteiger partial charge is 0.319 e. The maximum Gasteiger partial charge on any atom is 0.319 e. The molecule has 0 fully saturated rings. The second-order valence-corrected chi connectivity index (χ2v) is 4.41. The van der Waals surface area contributed by atoms with Crippen molar-refractivity contribution in [3.8, 4) is 0 Å². The van der Waals surface area contributed by atoms with Gasteiger partial charge in [-0.15, -0.1) is 0 Å². The summed E-state index contributed by atoms with van der Waals surface area (Å²) < 4.78 is 4.85. The largest absolute Gasteiger partial charge is 0.465 e. The summed E-state index contributed by atoms with van der Waals surface area (Å²) in [4.78, 5) is 11.1. The summed E-state index contributed by atoms with van der Waals surface area (Å²) in [5, 5.41) is 5.60. The number of esters is 1. The molecule has 3 nitrogen and oxygen atoms in total. The van der Waals surface area contributed by atoms with E-state index in [1.54, 1.807) is 0 Å². The number of benzene rings is 2. The van der Waals surface area contributed by atoms with Crippen LogP contribution in [0.1, 0.15) is 12.5 Å². The molecule has 0 aromatic heterocycles. The minimum absolute atomic E-state index is 0.194. The molecular formula is C16H19NO2. The van der Waals surface area contributed by atoms with Crippen molar-refractivity contribution in [1.29, 1.82) is 0 Å². The van der Waals surface area contributed by atoms with Crippen LogP contribution in [0.3, 0.4) is 0 Å². The van der Waals surface area contributed by atoms with Gasteiger partial charge in [0.2, 0.25) is 0 Å². The Kier molecular flexibility index (Phi) is 4.93. The van der Waals surface area contributed by atoms with E-state index in [0.29, 0.717) is 6.61 Å². The number of hydrogen-bond donors (Lipinski definition) is 1. The molecule has 0 saturated heterocycles. The molecule has 2 rings (SSSR count). The van der Waals surface area contributed by atoms with Crippen LogP contribution in [0.2, 0.25) is 0 Å². The molecule has 0 amide bonds. The zero-order chi connectivity index (χ0) is 13.5. The lowest BCUT2D eigenvalue weighted by atomic mass is 10.1. The van der Waals surface area contributed by atoms with Gasteiger partial charge < -0.3 is 10.1 Å². The molecule has 0 unspecified atom stereocenters. The number of carbonyl (C=O) groups excluding carboxylic acids is 1. The molecule has 2 aromatic rings. The quantitative estimate of drug-likeness (QED) is 0.638. The average molecular weight is 257 g/mol. The number of fused-ring (bicyclic) bond motifs is 1. The van der Waals surface area contributed by atoms with E-state index in [9.17, 15) is 4.79 Å². The predicted octanol–water partition coefficient (Wildman–Crippen LogP) is 2.54. The fraction of sp³-hybridized carbons (Fsp3) is 0.312. The Labute approximate surface area is 113 Å². The van der Waals surface area contributed by atoms with E-state index in [-0.39, 0.29) is 12.5 Å². The molecule has 0 spiro atoms. The molecule has 3 heteroatoms. The van der Waals surface area contributed by atoms with Crippen molar-refractivity contribution in [2.24, 2.45) is 0 Å². The first kappa shape index (κ1) is 13.6. The zero-order valence-electron chi connectivity index (χ0n) is 11.2. The normalized spacial score (nSPS) is 10.6. The van der Waals surface area contributed by atoms with Gasteiger partial charge in [0.15, 0.2) is 0 Å². The van der Waals surface area contributed by atoms with Crippen LogP contribution in [0, 0.1) is 0 Å². The maximum atomic E-state index is 11.1. The van der Waals surface area contributed by atoms with Crippen molar-refractivity contribution in [3.63, 3.8) is 0 Å². The fourth-order valence-corrected chi connectivity index (χ4v) is 2.03. The van der Waals surface area contributed by atoms with Crippen LogP contribution in [-0.4, -0.2) is 25.7 Å². The zero-order valence-corrected chi connectivity index (χ0v) is 11.2. The molecule has 19 heavy (non-hydrogen) atoms. The standard InChI is InChI=1S/C16H19NO2/c1-2-19-16(18)12-17-10-9-13-7-8-14-5-3-4-6-15(14)11-13/h3-8,11,17H,2,9-10,12H2,1H3. The third-order valence-electron chi connectivity index (χ3n) is 2.98. The van der Waals surface area contributed by atoms with Gasteiger partial charge in [-0.25, -0.2) is 0 Å². The molecule has 2 aromatic carbocycles. The van der Waals surface area contributed by atoms with Gasteiger partial charge in [-0.3, -0.25) is 4.79 Å². The highest BCUT2D eigenvalue weighted by molar-refractivity contribution is 5.83. The van der Waals surface area contributed by atoms with E-state index < -0.39 is 0 Å². The highest BCUT2D eigenvalue weighted by Crippen LogP contribution is 2.15. The highest BCUT2D eigenvalue weighted by atomic mass is 16.5. The van der Waals surface area contributed by atoms with E-state index in [2.05, 4.69) is 35.6 Å². The van der Waals surface area contributed by atoms with Gasteiger partial charge in [0.05, 0.1) is 13.2 Å². The van der Waals surface area contributed by atoms with Crippen molar-refractivity contribution in [3.05, 3.63) is 48.0 Å². The summed E-state index contributed by atoms with van der Waals surface area (Å²) >= 11 is 0. The lowest BCUT2D eigenvalue weighted by Gasteiger charge is -2.06. The van der Waals surface area contributed by atoms with Crippen molar-refractivity contribution < 1.29 is 9.53 Å². The van der Waals surface area contributed by atoms with E-state index in [0.717, 1.165) is 13.0 Å². The van der Waals surface area contributed by atoms with Crippen molar-refractivity contribution in [2.75, 3.05) is 19.7 Å². The van der Waals surface area contributed by atoms with Crippen molar-refractivity contribution in [1.82, 2.24) is 5.32 Å². The Morgan fingerprint density at radius 1 is 1.16 bits per heavy atom. The SMILES string of the molecule is CCOC(=O)CNCCc1ccc2ccccc2c1. The lowest BCUT2D eigenvalue weighted by Crippen LogP contribution is -2.26. The van der Waals surface area contributed by atoms with Gasteiger partial charge in [-0.2, -0.15) is 0 Å². The Balaban J connectivity index is 1.83. The molecule has 0 aliphatic rings. The van der Waals surface area contributed by atoms with Gasteiger partial charge in [0.25, 0.3) is 0 Å². The lowest BCUT2D eigenvalue weighted by molar-refractivity contribution is -0.141. The Morgan fingerprint density at radius 3 is 2.74 bits per heavy atom. The highest BCUT2D eigenvalue weighted by Gasteiger charge is 2.00. The summed E-state index contributed by atoms with van der Waals surface area (Å²) in [6.07, 6.45) is 0.907. The molecule has 0 radical (unpaired) electrons. The third kappa shape index (κ3) is 4.07. The number of hydrogen-bond acceptors (Lipinski definition) is 3. The van der Waals surface area contributed by atoms with Gasteiger partial charge in [0.1, 0.15) is 0 Å². The van der Waals surface area contributed by atoms with Crippen molar-refractivity contribution >= 4 is 16.7 Å². The topological polar surface area (TPSA) is 38.3 Å². The molecule has 100 valence electrons. The van der Waals surface area contributed by atoms with Gasteiger partial charge >= 0.3 is 5.97 Å². The van der Waals surface area contributed by atoms with E-state index in [1.807, 2.05) is 19.1 Å². The number of nitrogens with one attached hydrogen (secondary N) is 1. The summed E-state index contributed by atoms with van der Waals surface area (Å²) in [5.74, 6) is -0.194. The molecule has 0 atom stereocenters. The van der Waals surface area contributed by atoms with E-state index >= 15 is 0 Å². The molecule has 0 aliphatic heterocycles. The first-order valence-electron chi connectivity index (χ1n) is 6.63. The van der Waals surface area contributed by atoms with Crippen LogP contribution in [0.4, 0.5) is 0 Å². The average Bonchev–Trinajstić information content (AvgIpc) is 2.44. The Hall–Kier alpha value is -1.87. The van der Waals surface area contributed by atoms with Gasteiger partial charge in [-0.05, 0) is 36.2 Å². The summed E-state index contributed by atoms with van der Waals surface area (Å²) in [5.41, 5.74) is 1.27. The summed E-state index contributed by atoms with van der Waals surface area (Å²) in [6, 6.07) is 14.8. The monoisotopic (exact) mass is 257 g/mol. The number of ether oxygens (including phenoxy) is 1. The summed E-state index contributed by atoms with van der Waals surface area (Å²) in [7, 11) is 0. The molecule has 0 saturated carbocycles. The third-order valence-corrected chi connectivity index (χ3v) is 2.98. The van der Waals surface area contributed by atoms with Gasteiger partial charge in [-0.1, -0.05) is 42.5 Å².